The van der Waals surface area contributed by atoms with Crippen LogP contribution in [0.4, 0.5) is 13.6 Å². The van der Waals surface area contributed by atoms with E-state index < -0.39 is 30.4 Å². The van der Waals surface area contributed by atoms with Crippen molar-refractivity contribution in [2.24, 2.45) is 5.41 Å². The molecule has 5 nitrogen and oxygen atoms in total. The van der Waals surface area contributed by atoms with Crippen molar-refractivity contribution in [1.82, 2.24) is 10.2 Å². The molecule has 17 heavy (non-hydrogen) atoms. The minimum Gasteiger partial charge on any atom is -0.481 e. The lowest BCUT2D eigenvalue weighted by molar-refractivity contribution is -0.148. The van der Waals surface area contributed by atoms with Crippen molar-refractivity contribution in [1.29, 1.82) is 0 Å². The third kappa shape index (κ3) is 3.04. The smallest absolute Gasteiger partial charge is 0.317 e. The molecule has 2 N–H and O–H groups in total. The van der Waals surface area contributed by atoms with Crippen molar-refractivity contribution in [3.8, 4) is 0 Å². The van der Waals surface area contributed by atoms with Crippen LogP contribution >= 0.6 is 0 Å². The maximum absolute atomic E-state index is 11.9. The van der Waals surface area contributed by atoms with Gasteiger partial charge in [-0.25, -0.2) is 13.6 Å². The topological polar surface area (TPSA) is 69.6 Å². The summed E-state index contributed by atoms with van der Waals surface area (Å²) in [7, 11) is 0. The number of hydrogen-bond acceptors (Lipinski definition) is 2. The third-order valence-electron chi connectivity index (χ3n) is 3.18. The lowest BCUT2D eigenvalue weighted by Crippen LogP contribution is -2.42. The summed E-state index contributed by atoms with van der Waals surface area (Å²) in [5, 5.41) is 11.2. The molecule has 1 unspecified atom stereocenters. The predicted octanol–water partition coefficient (Wildman–Crippen LogP) is 1.15. The van der Waals surface area contributed by atoms with Gasteiger partial charge in [0.25, 0.3) is 6.43 Å². The maximum atomic E-state index is 11.9. The quantitative estimate of drug-likeness (QED) is 0.786. The summed E-state index contributed by atoms with van der Waals surface area (Å²) in [6.45, 7) is 1.40. The van der Waals surface area contributed by atoms with Crippen LogP contribution in [0.25, 0.3) is 0 Å². The Labute approximate surface area is 97.8 Å². The Morgan fingerprint density at radius 3 is 2.59 bits per heavy atom. The lowest BCUT2D eigenvalue weighted by atomic mass is 9.84. The zero-order valence-electron chi connectivity index (χ0n) is 9.58. The second kappa shape index (κ2) is 5.29. The summed E-state index contributed by atoms with van der Waals surface area (Å²) >= 11 is 0. The molecule has 1 heterocycles. The molecule has 0 aromatic heterocycles. The highest BCUT2D eigenvalue weighted by Crippen LogP contribution is 2.34. The van der Waals surface area contributed by atoms with Gasteiger partial charge in [-0.3, -0.25) is 4.79 Å². The molecule has 0 aromatic rings. The minimum absolute atomic E-state index is 0.0773. The number of nitrogens with one attached hydrogen (secondary N) is 1. The van der Waals surface area contributed by atoms with Crippen LogP contribution in [0, 0.1) is 5.41 Å². The Morgan fingerprint density at radius 1 is 1.53 bits per heavy atom. The number of nitrogens with zero attached hydrogens (tertiary/aromatic N) is 1. The maximum Gasteiger partial charge on any atom is 0.317 e. The highest BCUT2D eigenvalue weighted by Gasteiger charge is 2.44. The predicted molar refractivity (Wildman–Crippen MR) is 56.0 cm³/mol. The minimum atomic E-state index is -2.60. The van der Waals surface area contributed by atoms with E-state index in [0.717, 1.165) is 0 Å². The summed E-state index contributed by atoms with van der Waals surface area (Å²) in [6.07, 6.45) is -1.82. The van der Waals surface area contributed by atoms with Gasteiger partial charge in [0.15, 0.2) is 0 Å². The molecule has 0 spiro atoms. The number of amides is 2. The molecule has 1 aliphatic rings. The molecule has 1 fully saturated rings. The Kier molecular flexibility index (Phi) is 4.25. The molecule has 0 saturated carbocycles. The van der Waals surface area contributed by atoms with E-state index in [9.17, 15) is 18.4 Å². The largest absolute Gasteiger partial charge is 0.481 e. The van der Waals surface area contributed by atoms with Crippen molar-refractivity contribution in [3.63, 3.8) is 0 Å². The van der Waals surface area contributed by atoms with E-state index in [1.165, 1.54) is 4.90 Å². The van der Waals surface area contributed by atoms with Crippen molar-refractivity contribution >= 4 is 12.0 Å². The molecule has 1 aliphatic heterocycles. The SMILES string of the molecule is CCC1(C(=O)O)CCN(C(=O)NCC(F)F)C1. The van der Waals surface area contributed by atoms with Gasteiger partial charge in [0.05, 0.1) is 12.0 Å². The fourth-order valence-corrected chi connectivity index (χ4v) is 1.94. The molecule has 0 radical (unpaired) electrons. The number of carbonyl (C=O) groups excluding carboxylic acids is 1. The van der Waals surface area contributed by atoms with E-state index in [1.54, 1.807) is 6.92 Å². The highest BCUT2D eigenvalue weighted by atomic mass is 19.3. The van der Waals surface area contributed by atoms with Crippen molar-refractivity contribution in [2.75, 3.05) is 19.6 Å². The van der Waals surface area contributed by atoms with Crippen molar-refractivity contribution < 1.29 is 23.5 Å². The van der Waals surface area contributed by atoms with E-state index in [4.69, 9.17) is 5.11 Å². The zero-order valence-corrected chi connectivity index (χ0v) is 9.58. The first-order valence-electron chi connectivity index (χ1n) is 5.45. The Morgan fingerprint density at radius 2 is 2.18 bits per heavy atom. The normalized spacial score (nSPS) is 24.1. The number of aliphatic carboxylic acids is 1. The van der Waals surface area contributed by atoms with Gasteiger partial charge in [-0.1, -0.05) is 6.92 Å². The molecule has 2 amide bonds. The Balaban J connectivity index is 2.54. The Hall–Kier alpha value is -1.40. The molecular formula is C10H16F2N2O3. The van der Waals surface area contributed by atoms with Crippen molar-refractivity contribution in [3.05, 3.63) is 0 Å². The molecule has 98 valence electrons. The van der Waals surface area contributed by atoms with Crippen LogP contribution in [-0.4, -0.2) is 48.1 Å². The third-order valence-corrected chi connectivity index (χ3v) is 3.18. The van der Waals surface area contributed by atoms with Gasteiger partial charge in [0, 0.05) is 13.1 Å². The molecule has 1 saturated heterocycles. The standard InChI is InChI=1S/C10H16F2N2O3/c1-2-10(8(15)16)3-4-14(6-10)9(17)13-5-7(11)12/h7H,2-6H2,1H3,(H,13,17)(H,15,16). The van der Waals surface area contributed by atoms with E-state index in [2.05, 4.69) is 5.32 Å². The summed E-state index contributed by atoms with van der Waals surface area (Å²) in [6, 6.07) is -0.623. The van der Waals surface area contributed by atoms with E-state index in [-0.39, 0.29) is 13.1 Å². The van der Waals surface area contributed by atoms with Crippen LogP contribution in [0.15, 0.2) is 0 Å². The summed E-state index contributed by atoms with van der Waals surface area (Å²) < 4.78 is 23.8. The highest BCUT2D eigenvalue weighted by molar-refractivity contribution is 5.79. The van der Waals surface area contributed by atoms with Gasteiger partial charge >= 0.3 is 12.0 Å². The fraction of sp³-hybridized carbons (Fsp3) is 0.800. The van der Waals surface area contributed by atoms with Crippen LogP contribution < -0.4 is 5.32 Å². The second-order valence-corrected chi connectivity index (χ2v) is 4.19. The van der Waals surface area contributed by atoms with Crippen LogP contribution in [0.1, 0.15) is 19.8 Å². The molecule has 1 atom stereocenters. The van der Waals surface area contributed by atoms with E-state index in [1.807, 2.05) is 0 Å². The average molecular weight is 250 g/mol. The van der Waals surface area contributed by atoms with Gasteiger partial charge in [-0.05, 0) is 12.8 Å². The van der Waals surface area contributed by atoms with Gasteiger partial charge in [0.1, 0.15) is 0 Å². The molecule has 0 aliphatic carbocycles. The van der Waals surface area contributed by atoms with Gasteiger partial charge in [-0.2, -0.15) is 0 Å². The van der Waals surface area contributed by atoms with Crippen molar-refractivity contribution in [2.45, 2.75) is 26.2 Å². The number of carboxylic acids is 1. The molecule has 1 rings (SSSR count). The average Bonchev–Trinajstić information content (AvgIpc) is 2.71. The number of alkyl halides is 2. The second-order valence-electron chi connectivity index (χ2n) is 4.19. The number of carbonyl (C=O) groups is 2. The fourth-order valence-electron chi connectivity index (χ4n) is 1.94. The van der Waals surface area contributed by atoms with Crippen LogP contribution in [0.3, 0.4) is 0 Å². The molecular weight excluding hydrogens is 234 g/mol. The Bertz CT molecular complexity index is 312. The first kappa shape index (κ1) is 13.7. The number of carboxylic acid groups (broad SMARTS) is 1. The summed E-state index contributed by atoms with van der Waals surface area (Å²) in [5.74, 6) is -0.941. The number of likely N-dealkylation sites (tertiary alicyclic amines) is 1. The first-order valence-corrected chi connectivity index (χ1v) is 5.45. The van der Waals surface area contributed by atoms with Gasteiger partial charge in [-0.15, -0.1) is 0 Å². The van der Waals surface area contributed by atoms with Gasteiger partial charge in [0.2, 0.25) is 0 Å². The number of hydrogen-bond donors (Lipinski definition) is 2. The van der Waals surface area contributed by atoms with E-state index in [0.29, 0.717) is 12.8 Å². The van der Waals surface area contributed by atoms with Gasteiger partial charge < -0.3 is 15.3 Å². The summed E-state index contributed by atoms with van der Waals surface area (Å²) in [4.78, 5) is 23.9. The monoisotopic (exact) mass is 250 g/mol. The lowest BCUT2D eigenvalue weighted by Gasteiger charge is -2.23. The zero-order chi connectivity index (χ0) is 13.1. The first-order chi connectivity index (χ1) is 7.91. The molecule has 0 aromatic carbocycles. The van der Waals surface area contributed by atoms with Crippen LogP contribution in [0.5, 0.6) is 0 Å². The number of urea groups is 1. The number of halogens is 2. The summed E-state index contributed by atoms with van der Waals surface area (Å²) in [5.41, 5.74) is -0.928. The van der Waals surface area contributed by atoms with Crippen LogP contribution in [-0.2, 0) is 4.79 Å². The molecule has 7 heteroatoms. The number of rotatable bonds is 4. The van der Waals surface area contributed by atoms with Crippen LogP contribution in [0.2, 0.25) is 0 Å². The van der Waals surface area contributed by atoms with E-state index >= 15 is 0 Å². The molecule has 0 bridgehead atoms.